The Kier molecular flexibility index (Phi) is 11.6. The smallest absolute Gasteiger partial charge is 0.193 e. The lowest BCUT2D eigenvalue weighted by atomic mass is 10.2. The molecule has 1 N–H and O–H groups in total. The highest BCUT2D eigenvalue weighted by atomic mass is 15.3. The summed E-state index contributed by atoms with van der Waals surface area (Å²) in [7, 11) is 6.23. The van der Waals surface area contributed by atoms with Crippen molar-refractivity contribution in [2.45, 2.75) is 38.5 Å². The third-order valence-corrected chi connectivity index (χ3v) is 4.72. The number of guanidine groups is 1. The van der Waals surface area contributed by atoms with E-state index >= 15 is 0 Å². The highest BCUT2D eigenvalue weighted by molar-refractivity contribution is 5.79. The number of hydrogen-bond donors (Lipinski definition) is 1. The number of nitrogens with zero attached hydrogens (tertiary/aromatic N) is 4. The SMILES string of the molecule is C=CCCCCCN(C)C(=NC)NCCCN1CCCN(C)CC1. The van der Waals surface area contributed by atoms with E-state index < -0.39 is 0 Å². The van der Waals surface area contributed by atoms with E-state index in [1.165, 1.54) is 64.8 Å². The van der Waals surface area contributed by atoms with Crippen molar-refractivity contribution in [1.29, 1.82) is 0 Å². The van der Waals surface area contributed by atoms with Crippen LogP contribution in [-0.2, 0) is 0 Å². The molecule has 0 amide bonds. The van der Waals surface area contributed by atoms with Crippen LogP contribution in [0, 0.1) is 0 Å². The van der Waals surface area contributed by atoms with Gasteiger partial charge in [-0.25, -0.2) is 0 Å². The summed E-state index contributed by atoms with van der Waals surface area (Å²) in [6, 6.07) is 0. The number of hydrogen-bond acceptors (Lipinski definition) is 3. The number of unbranched alkanes of at least 4 members (excludes halogenated alkanes) is 3. The molecule has 1 aliphatic heterocycles. The van der Waals surface area contributed by atoms with Crippen molar-refractivity contribution in [2.24, 2.45) is 4.99 Å². The second kappa shape index (κ2) is 13.2. The Bertz CT molecular complexity index is 356. The van der Waals surface area contributed by atoms with Crippen molar-refractivity contribution in [3.63, 3.8) is 0 Å². The standard InChI is InChI=1S/C19H39N5/c1-5-6-7-8-9-14-23(4)19(20-2)21-12-10-15-24-16-11-13-22(3)17-18-24/h5H,1,6-18H2,2-4H3,(H,20,21). The van der Waals surface area contributed by atoms with Gasteiger partial charge in [0, 0.05) is 40.3 Å². The van der Waals surface area contributed by atoms with Crippen LogP contribution in [-0.4, -0.2) is 87.6 Å². The number of likely N-dealkylation sites (N-methyl/N-ethyl adjacent to an activating group) is 1. The zero-order chi connectivity index (χ0) is 17.6. The zero-order valence-corrected chi connectivity index (χ0v) is 16.3. The third-order valence-electron chi connectivity index (χ3n) is 4.72. The molecule has 0 aromatic heterocycles. The molecule has 0 aromatic carbocycles. The summed E-state index contributed by atoms with van der Waals surface area (Å²) in [5.74, 6) is 1.02. The molecule has 1 heterocycles. The average molecular weight is 338 g/mol. The second-order valence-corrected chi connectivity index (χ2v) is 6.89. The molecule has 0 bridgehead atoms. The van der Waals surface area contributed by atoms with E-state index in [-0.39, 0.29) is 0 Å². The number of nitrogens with one attached hydrogen (secondary N) is 1. The first-order chi connectivity index (χ1) is 11.7. The average Bonchev–Trinajstić information content (AvgIpc) is 2.79. The van der Waals surface area contributed by atoms with Gasteiger partial charge in [-0.05, 0) is 58.8 Å². The Balaban J connectivity index is 2.13. The maximum absolute atomic E-state index is 4.41. The fraction of sp³-hybridized carbons (Fsp3) is 0.842. The van der Waals surface area contributed by atoms with E-state index in [0.717, 1.165) is 25.5 Å². The summed E-state index contributed by atoms with van der Waals surface area (Å²) in [5.41, 5.74) is 0. The molecular formula is C19H39N5. The Morgan fingerprint density at radius 2 is 2.00 bits per heavy atom. The molecule has 0 spiro atoms. The van der Waals surface area contributed by atoms with Crippen molar-refractivity contribution in [3.05, 3.63) is 12.7 Å². The first-order valence-corrected chi connectivity index (χ1v) is 9.61. The minimum Gasteiger partial charge on any atom is -0.356 e. The second-order valence-electron chi connectivity index (χ2n) is 6.89. The van der Waals surface area contributed by atoms with Crippen LogP contribution in [0.2, 0.25) is 0 Å². The van der Waals surface area contributed by atoms with Crippen molar-refractivity contribution in [3.8, 4) is 0 Å². The van der Waals surface area contributed by atoms with Gasteiger partial charge >= 0.3 is 0 Å². The quantitative estimate of drug-likeness (QED) is 0.287. The summed E-state index contributed by atoms with van der Waals surface area (Å²) in [6.07, 6.45) is 9.32. The number of aliphatic imine (C=N–C) groups is 1. The molecule has 0 aliphatic carbocycles. The summed E-state index contributed by atoms with van der Waals surface area (Å²) in [5, 5.41) is 3.51. The van der Waals surface area contributed by atoms with Gasteiger partial charge in [-0.1, -0.05) is 12.5 Å². The van der Waals surface area contributed by atoms with Gasteiger partial charge in [-0.2, -0.15) is 0 Å². The fourth-order valence-electron chi connectivity index (χ4n) is 3.13. The molecule has 1 aliphatic rings. The van der Waals surface area contributed by atoms with E-state index in [1.807, 2.05) is 13.1 Å². The maximum atomic E-state index is 4.41. The molecule has 1 saturated heterocycles. The van der Waals surface area contributed by atoms with Gasteiger partial charge in [0.15, 0.2) is 5.96 Å². The monoisotopic (exact) mass is 337 g/mol. The molecule has 0 radical (unpaired) electrons. The molecule has 1 fully saturated rings. The van der Waals surface area contributed by atoms with Crippen molar-refractivity contribution >= 4 is 5.96 Å². The zero-order valence-electron chi connectivity index (χ0n) is 16.3. The fourth-order valence-corrected chi connectivity index (χ4v) is 3.13. The summed E-state index contributed by atoms with van der Waals surface area (Å²) < 4.78 is 0. The molecule has 140 valence electrons. The molecule has 5 nitrogen and oxygen atoms in total. The Labute approximate surface area is 149 Å². The number of allylic oxidation sites excluding steroid dienone is 1. The largest absolute Gasteiger partial charge is 0.356 e. The molecule has 5 heteroatoms. The van der Waals surface area contributed by atoms with Crippen LogP contribution in [0.25, 0.3) is 0 Å². The molecule has 0 atom stereocenters. The van der Waals surface area contributed by atoms with Crippen LogP contribution >= 0.6 is 0 Å². The lowest BCUT2D eigenvalue weighted by Gasteiger charge is -2.23. The predicted molar refractivity (Wildman–Crippen MR) is 106 cm³/mol. The van der Waals surface area contributed by atoms with Crippen LogP contribution < -0.4 is 5.32 Å². The van der Waals surface area contributed by atoms with E-state index in [0.29, 0.717) is 0 Å². The number of rotatable bonds is 10. The van der Waals surface area contributed by atoms with E-state index in [9.17, 15) is 0 Å². The molecule has 24 heavy (non-hydrogen) atoms. The minimum absolute atomic E-state index is 1.000. The van der Waals surface area contributed by atoms with E-state index in [4.69, 9.17) is 0 Å². The van der Waals surface area contributed by atoms with Gasteiger partial charge in [-0.3, -0.25) is 4.99 Å². The van der Waals surface area contributed by atoms with Gasteiger partial charge in [-0.15, -0.1) is 6.58 Å². The summed E-state index contributed by atoms with van der Waals surface area (Å²) >= 11 is 0. The van der Waals surface area contributed by atoms with Crippen LogP contribution in [0.1, 0.15) is 38.5 Å². The molecule has 0 saturated carbocycles. The van der Waals surface area contributed by atoms with Crippen LogP contribution in [0.4, 0.5) is 0 Å². The normalized spacial score (nSPS) is 17.5. The lowest BCUT2D eigenvalue weighted by Crippen LogP contribution is -2.40. The Morgan fingerprint density at radius 3 is 2.75 bits per heavy atom. The van der Waals surface area contributed by atoms with Crippen molar-refractivity contribution in [2.75, 3.05) is 67.0 Å². The van der Waals surface area contributed by atoms with Gasteiger partial charge in [0.25, 0.3) is 0 Å². The third kappa shape index (κ3) is 9.28. The maximum Gasteiger partial charge on any atom is 0.193 e. The van der Waals surface area contributed by atoms with Gasteiger partial charge in [0.1, 0.15) is 0 Å². The van der Waals surface area contributed by atoms with Crippen LogP contribution in [0.5, 0.6) is 0 Å². The Hall–Kier alpha value is -1.07. The van der Waals surface area contributed by atoms with E-state index in [2.05, 4.69) is 45.7 Å². The van der Waals surface area contributed by atoms with Crippen molar-refractivity contribution < 1.29 is 0 Å². The van der Waals surface area contributed by atoms with Crippen LogP contribution in [0.15, 0.2) is 17.6 Å². The van der Waals surface area contributed by atoms with E-state index in [1.54, 1.807) is 0 Å². The van der Waals surface area contributed by atoms with Crippen LogP contribution in [0.3, 0.4) is 0 Å². The summed E-state index contributed by atoms with van der Waals surface area (Å²) in [4.78, 5) is 11.7. The predicted octanol–water partition coefficient (Wildman–Crippen LogP) is 2.27. The lowest BCUT2D eigenvalue weighted by molar-refractivity contribution is 0.273. The summed E-state index contributed by atoms with van der Waals surface area (Å²) in [6.45, 7) is 11.9. The minimum atomic E-state index is 1.000. The van der Waals surface area contributed by atoms with Gasteiger partial charge in [0.2, 0.25) is 0 Å². The molecule has 1 rings (SSSR count). The molecule has 0 unspecified atom stereocenters. The molecule has 0 aromatic rings. The first kappa shape index (κ1) is 21.0. The van der Waals surface area contributed by atoms with Gasteiger partial charge in [0.05, 0.1) is 0 Å². The topological polar surface area (TPSA) is 34.1 Å². The first-order valence-electron chi connectivity index (χ1n) is 9.61. The van der Waals surface area contributed by atoms with Gasteiger partial charge < -0.3 is 20.0 Å². The van der Waals surface area contributed by atoms with Crippen molar-refractivity contribution in [1.82, 2.24) is 20.0 Å². The highest BCUT2D eigenvalue weighted by Gasteiger charge is 2.11. The Morgan fingerprint density at radius 1 is 1.17 bits per heavy atom. The highest BCUT2D eigenvalue weighted by Crippen LogP contribution is 2.03. The molecular weight excluding hydrogens is 298 g/mol.